The van der Waals surface area contributed by atoms with Crippen LogP contribution in [0.4, 0.5) is 4.79 Å². The quantitative estimate of drug-likeness (QED) is 0.777. The average Bonchev–Trinajstić information content (AvgIpc) is 2.58. The highest BCUT2D eigenvalue weighted by atomic mass is 35.5. The fourth-order valence-corrected chi connectivity index (χ4v) is 3.88. The van der Waals surface area contributed by atoms with Crippen LogP contribution in [0.5, 0.6) is 0 Å². The number of carbonyl (C=O) groups excluding carboxylic acids is 2. The smallest absolute Gasteiger partial charge is 0.319 e. The lowest BCUT2D eigenvalue weighted by Gasteiger charge is -2.36. The minimum absolute atomic E-state index is 0.0787. The lowest BCUT2D eigenvalue weighted by atomic mass is 9.80. The number of rotatable bonds is 3. The van der Waals surface area contributed by atoms with Gasteiger partial charge in [-0.15, -0.1) is 0 Å². The Morgan fingerprint density at radius 2 is 1.88 bits per heavy atom. The number of esters is 1. The second kappa shape index (κ2) is 7.70. The summed E-state index contributed by atoms with van der Waals surface area (Å²) >= 11 is 5.95. The van der Waals surface area contributed by atoms with E-state index in [-0.39, 0.29) is 18.1 Å². The van der Waals surface area contributed by atoms with Gasteiger partial charge in [0.15, 0.2) is 0 Å². The second-order valence-corrected chi connectivity index (χ2v) is 7.89. The van der Waals surface area contributed by atoms with Gasteiger partial charge in [0.1, 0.15) is 12.0 Å². The SMILES string of the molecule is C=C1NC(=O)NC(c2ccc(Cl)cc2)C1C(=O)OC1CCC(C)C(C)C1. The number of halogens is 1. The van der Waals surface area contributed by atoms with E-state index in [1.54, 1.807) is 24.3 Å². The number of hydrogen-bond donors (Lipinski definition) is 2. The third kappa shape index (κ3) is 4.04. The highest BCUT2D eigenvalue weighted by Crippen LogP contribution is 2.34. The molecule has 1 aromatic rings. The van der Waals surface area contributed by atoms with Crippen LogP contribution in [0.15, 0.2) is 36.5 Å². The molecule has 2 N–H and O–H groups in total. The van der Waals surface area contributed by atoms with Crippen molar-refractivity contribution >= 4 is 23.6 Å². The van der Waals surface area contributed by atoms with E-state index in [4.69, 9.17) is 16.3 Å². The molecule has 6 heteroatoms. The van der Waals surface area contributed by atoms with E-state index >= 15 is 0 Å². The number of hydrogen-bond acceptors (Lipinski definition) is 3. The van der Waals surface area contributed by atoms with Crippen LogP contribution in [-0.2, 0) is 9.53 Å². The zero-order valence-corrected chi connectivity index (χ0v) is 15.9. The van der Waals surface area contributed by atoms with Gasteiger partial charge in [0.25, 0.3) is 0 Å². The predicted molar refractivity (Wildman–Crippen MR) is 101 cm³/mol. The van der Waals surface area contributed by atoms with Gasteiger partial charge < -0.3 is 15.4 Å². The van der Waals surface area contributed by atoms with Crippen LogP contribution in [-0.4, -0.2) is 18.1 Å². The lowest BCUT2D eigenvalue weighted by molar-refractivity contribution is -0.156. The second-order valence-electron chi connectivity index (χ2n) is 7.46. The highest BCUT2D eigenvalue weighted by molar-refractivity contribution is 6.30. The summed E-state index contributed by atoms with van der Waals surface area (Å²) in [4.78, 5) is 24.8. The Balaban J connectivity index is 1.77. The predicted octanol–water partition coefficient (Wildman–Crippen LogP) is 4.19. The summed E-state index contributed by atoms with van der Waals surface area (Å²) in [6.07, 6.45) is 2.73. The molecule has 1 heterocycles. The molecule has 1 saturated heterocycles. The fourth-order valence-electron chi connectivity index (χ4n) is 3.75. The van der Waals surface area contributed by atoms with E-state index in [1.807, 2.05) is 0 Å². The van der Waals surface area contributed by atoms with E-state index in [0.717, 1.165) is 24.8 Å². The monoisotopic (exact) mass is 376 g/mol. The first-order valence-corrected chi connectivity index (χ1v) is 9.45. The van der Waals surface area contributed by atoms with Crippen LogP contribution in [0, 0.1) is 17.8 Å². The minimum atomic E-state index is -0.677. The van der Waals surface area contributed by atoms with Crippen molar-refractivity contribution in [2.75, 3.05) is 0 Å². The first-order chi connectivity index (χ1) is 12.3. The summed E-state index contributed by atoms with van der Waals surface area (Å²) in [5.74, 6) is 0.149. The van der Waals surface area contributed by atoms with E-state index in [0.29, 0.717) is 22.6 Å². The van der Waals surface area contributed by atoms with Crippen molar-refractivity contribution in [2.45, 2.75) is 45.3 Å². The van der Waals surface area contributed by atoms with Crippen LogP contribution in [0.1, 0.15) is 44.7 Å². The summed E-state index contributed by atoms with van der Waals surface area (Å²) < 4.78 is 5.81. The third-order valence-electron chi connectivity index (χ3n) is 5.59. The Kier molecular flexibility index (Phi) is 5.56. The standard InChI is InChI=1S/C20H25ClN2O3/c1-11-4-9-16(10-12(11)2)26-19(24)17-13(3)22-20(25)23-18(17)14-5-7-15(21)8-6-14/h5-8,11-12,16-18H,3-4,9-10H2,1-2H3,(H2,22,23,25). The van der Waals surface area contributed by atoms with Gasteiger partial charge in [-0.05, 0) is 48.8 Å². The maximum Gasteiger partial charge on any atom is 0.319 e. The van der Waals surface area contributed by atoms with Crippen LogP contribution in [0.3, 0.4) is 0 Å². The van der Waals surface area contributed by atoms with E-state index in [2.05, 4.69) is 31.1 Å². The first-order valence-electron chi connectivity index (χ1n) is 9.07. The van der Waals surface area contributed by atoms with Crippen molar-refractivity contribution in [3.05, 3.63) is 47.1 Å². The Hall–Kier alpha value is -2.01. The maximum atomic E-state index is 12.9. The molecule has 2 fully saturated rings. The summed E-state index contributed by atoms with van der Waals surface area (Å²) in [5.41, 5.74) is 1.15. The summed E-state index contributed by atoms with van der Waals surface area (Å²) in [7, 11) is 0. The molecule has 5 unspecified atom stereocenters. The number of nitrogens with one attached hydrogen (secondary N) is 2. The Morgan fingerprint density at radius 3 is 2.54 bits per heavy atom. The molecule has 26 heavy (non-hydrogen) atoms. The van der Waals surface area contributed by atoms with Crippen molar-refractivity contribution in [1.29, 1.82) is 0 Å². The van der Waals surface area contributed by atoms with Gasteiger partial charge in [0, 0.05) is 10.7 Å². The molecule has 2 aliphatic rings. The molecule has 5 nitrogen and oxygen atoms in total. The van der Waals surface area contributed by atoms with Gasteiger partial charge in [-0.25, -0.2) is 4.79 Å². The van der Waals surface area contributed by atoms with Gasteiger partial charge in [0.05, 0.1) is 6.04 Å². The van der Waals surface area contributed by atoms with Crippen LogP contribution < -0.4 is 10.6 Å². The molecule has 1 aliphatic heterocycles. The van der Waals surface area contributed by atoms with E-state index in [1.165, 1.54) is 0 Å². The number of benzene rings is 1. The third-order valence-corrected chi connectivity index (χ3v) is 5.84. The first kappa shape index (κ1) is 18.8. The largest absolute Gasteiger partial charge is 0.462 e. The molecule has 140 valence electrons. The molecule has 0 radical (unpaired) electrons. The average molecular weight is 377 g/mol. The van der Waals surface area contributed by atoms with Crippen LogP contribution >= 0.6 is 11.6 Å². The van der Waals surface area contributed by atoms with Crippen molar-refractivity contribution in [3.8, 4) is 0 Å². The van der Waals surface area contributed by atoms with E-state index in [9.17, 15) is 9.59 Å². The molecular formula is C20H25ClN2O3. The Morgan fingerprint density at radius 1 is 1.19 bits per heavy atom. The molecule has 1 saturated carbocycles. The van der Waals surface area contributed by atoms with Crippen molar-refractivity contribution in [3.63, 3.8) is 0 Å². The summed E-state index contributed by atoms with van der Waals surface area (Å²) in [6, 6.07) is 6.17. The molecule has 0 bridgehead atoms. The summed E-state index contributed by atoms with van der Waals surface area (Å²) in [6.45, 7) is 8.32. The molecule has 3 rings (SSSR count). The highest BCUT2D eigenvalue weighted by Gasteiger charge is 2.40. The van der Waals surface area contributed by atoms with E-state index < -0.39 is 12.0 Å². The van der Waals surface area contributed by atoms with Gasteiger partial charge in [-0.1, -0.05) is 44.2 Å². The van der Waals surface area contributed by atoms with Crippen molar-refractivity contribution in [2.24, 2.45) is 17.8 Å². The Bertz CT molecular complexity index is 704. The molecular weight excluding hydrogens is 352 g/mol. The molecule has 0 spiro atoms. The molecule has 1 aliphatic carbocycles. The molecule has 2 amide bonds. The zero-order chi connectivity index (χ0) is 18.8. The summed E-state index contributed by atoms with van der Waals surface area (Å²) in [5, 5.41) is 6.01. The van der Waals surface area contributed by atoms with Crippen molar-refractivity contribution in [1.82, 2.24) is 10.6 Å². The topological polar surface area (TPSA) is 67.4 Å². The Labute approximate surface area is 159 Å². The fraction of sp³-hybridized carbons (Fsp3) is 0.500. The molecule has 5 atom stereocenters. The maximum absolute atomic E-state index is 12.9. The van der Waals surface area contributed by atoms with Gasteiger partial charge in [-0.3, -0.25) is 4.79 Å². The van der Waals surface area contributed by atoms with Gasteiger partial charge >= 0.3 is 12.0 Å². The zero-order valence-electron chi connectivity index (χ0n) is 15.1. The van der Waals surface area contributed by atoms with Crippen molar-refractivity contribution < 1.29 is 14.3 Å². The lowest BCUT2D eigenvalue weighted by Crippen LogP contribution is -2.51. The molecule has 1 aromatic carbocycles. The van der Waals surface area contributed by atoms with Crippen LogP contribution in [0.2, 0.25) is 5.02 Å². The number of ether oxygens (including phenoxy) is 1. The number of carbonyl (C=O) groups is 2. The number of urea groups is 1. The van der Waals surface area contributed by atoms with Gasteiger partial charge in [0.2, 0.25) is 0 Å². The molecule has 0 aromatic heterocycles. The van der Waals surface area contributed by atoms with Crippen LogP contribution in [0.25, 0.3) is 0 Å². The minimum Gasteiger partial charge on any atom is -0.462 e. The van der Waals surface area contributed by atoms with Gasteiger partial charge in [-0.2, -0.15) is 0 Å². The normalized spacial score (nSPS) is 31.7. The number of amides is 2.